The smallest absolute Gasteiger partial charge is 0.341 e. The highest BCUT2D eigenvalue weighted by Crippen LogP contribution is 2.36. The van der Waals surface area contributed by atoms with Crippen LogP contribution in [-0.4, -0.2) is 22.1 Å². The Kier molecular flexibility index (Phi) is 5.59. The molecule has 8 heteroatoms. The molecule has 3 aromatic heterocycles. The number of fused-ring (bicyclic) bond motifs is 3. The van der Waals surface area contributed by atoms with Crippen molar-refractivity contribution in [3.8, 4) is 0 Å². The quantitative estimate of drug-likeness (QED) is 0.321. The number of ether oxygens (including phenoxy) is 1. The van der Waals surface area contributed by atoms with Crippen LogP contribution in [0, 0.1) is 0 Å². The maximum atomic E-state index is 13.2. The Labute approximate surface area is 170 Å². The fraction of sp³-hybridized carbons (Fsp3) is 0.450. The highest BCUT2D eigenvalue weighted by atomic mass is 32.2. The Bertz CT molecular complexity index is 1080. The number of carbonyl (C=O) groups is 1. The molecule has 0 saturated heterocycles. The third-order valence-corrected chi connectivity index (χ3v) is 6.97. The molecule has 0 fully saturated rings. The van der Waals surface area contributed by atoms with Crippen LogP contribution in [0.2, 0.25) is 0 Å². The lowest BCUT2D eigenvalue weighted by Crippen LogP contribution is -2.23. The van der Waals surface area contributed by atoms with Crippen LogP contribution < -0.4 is 5.56 Å². The molecule has 0 N–H and O–H groups in total. The van der Waals surface area contributed by atoms with E-state index in [-0.39, 0.29) is 5.56 Å². The molecule has 3 aromatic rings. The Balaban J connectivity index is 1.68. The Morgan fingerprint density at radius 3 is 3.04 bits per heavy atom. The van der Waals surface area contributed by atoms with Gasteiger partial charge in [0, 0.05) is 11.4 Å². The molecule has 28 heavy (non-hydrogen) atoms. The molecule has 0 radical (unpaired) electrons. The van der Waals surface area contributed by atoms with Crippen molar-refractivity contribution < 1.29 is 13.9 Å². The van der Waals surface area contributed by atoms with Gasteiger partial charge in [0.1, 0.15) is 16.2 Å². The topological polar surface area (TPSA) is 74.3 Å². The lowest BCUT2D eigenvalue weighted by molar-refractivity contribution is 0.0524. The molecule has 148 valence electrons. The number of aryl methyl sites for hydroxylation is 2. The lowest BCUT2D eigenvalue weighted by Gasteiger charge is -2.11. The second-order valence-corrected chi connectivity index (χ2v) is 8.68. The summed E-state index contributed by atoms with van der Waals surface area (Å²) in [5.41, 5.74) is 1.68. The molecule has 0 saturated carbocycles. The third-order valence-electron chi connectivity index (χ3n) is 4.81. The number of thiophene rings is 1. The van der Waals surface area contributed by atoms with Crippen LogP contribution in [0.15, 0.2) is 26.7 Å². The molecule has 6 nitrogen and oxygen atoms in total. The number of esters is 1. The number of furan rings is 1. The van der Waals surface area contributed by atoms with E-state index in [4.69, 9.17) is 14.1 Å². The SMILES string of the molecule is CCCn1c(SCc2occc2C(=O)OCC)nc2sc3c(c2c1=O)CCC3. The number of aromatic nitrogens is 2. The van der Waals surface area contributed by atoms with E-state index in [0.29, 0.717) is 35.4 Å². The zero-order chi connectivity index (χ0) is 19.7. The summed E-state index contributed by atoms with van der Waals surface area (Å²) in [5.74, 6) is 0.555. The largest absolute Gasteiger partial charge is 0.468 e. The standard InChI is InChI=1S/C20H22N2O4S2/c1-3-9-22-18(23)16-13-6-5-7-15(13)28-17(16)21-20(22)27-11-14-12(8-10-26-14)19(24)25-4-2/h8,10H,3-7,9,11H2,1-2H3. The third kappa shape index (κ3) is 3.39. The minimum atomic E-state index is -0.393. The zero-order valence-corrected chi connectivity index (χ0v) is 17.6. The van der Waals surface area contributed by atoms with Crippen LogP contribution in [0.3, 0.4) is 0 Å². The molecule has 3 heterocycles. The predicted molar refractivity (Wildman–Crippen MR) is 110 cm³/mol. The Morgan fingerprint density at radius 1 is 1.39 bits per heavy atom. The number of carbonyl (C=O) groups excluding carboxylic acids is 1. The number of nitrogens with zero attached hydrogens (tertiary/aromatic N) is 2. The fourth-order valence-corrected chi connectivity index (χ4v) is 5.84. The van der Waals surface area contributed by atoms with Gasteiger partial charge in [-0.3, -0.25) is 9.36 Å². The molecule has 0 amide bonds. The van der Waals surface area contributed by atoms with Crippen LogP contribution in [0.1, 0.15) is 53.2 Å². The molecule has 0 aliphatic heterocycles. The number of thioether (sulfide) groups is 1. The highest BCUT2D eigenvalue weighted by molar-refractivity contribution is 7.98. The summed E-state index contributed by atoms with van der Waals surface area (Å²) < 4.78 is 12.3. The van der Waals surface area contributed by atoms with E-state index in [0.717, 1.165) is 35.9 Å². The van der Waals surface area contributed by atoms with E-state index in [1.165, 1.54) is 28.5 Å². The van der Waals surface area contributed by atoms with Gasteiger partial charge >= 0.3 is 5.97 Å². The molecule has 1 aliphatic rings. The van der Waals surface area contributed by atoms with Gasteiger partial charge in [0.05, 0.1) is 24.0 Å². The first-order chi connectivity index (χ1) is 13.6. The van der Waals surface area contributed by atoms with E-state index in [1.807, 2.05) is 0 Å². The van der Waals surface area contributed by atoms with Gasteiger partial charge in [0.2, 0.25) is 0 Å². The number of hydrogen-bond donors (Lipinski definition) is 0. The van der Waals surface area contributed by atoms with Gasteiger partial charge in [0.25, 0.3) is 5.56 Å². The van der Waals surface area contributed by atoms with E-state index in [2.05, 4.69) is 6.92 Å². The Hall–Kier alpha value is -2.06. The number of hydrogen-bond acceptors (Lipinski definition) is 7. The summed E-state index contributed by atoms with van der Waals surface area (Å²) in [6.07, 6.45) is 5.47. The first-order valence-corrected chi connectivity index (χ1v) is 11.4. The molecular formula is C20H22N2O4S2. The highest BCUT2D eigenvalue weighted by Gasteiger charge is 2.24. The molecule has 0 spiro atoms. The van der Waals surface area contributed by atoms with Crippen molar-refractivity contribution in [2.45, 2.75) is 57.0 Å². The van der Waals surface area contributed by atoms with Crippen LogP contribution in [0.25, 0.3) is 10.2 Å². The van der Waals surface area contributed by atoms with Crippen molar-refractivity contribution in [2.75, 3.05) is 6.61 Å². The van der Waals surface area contributed by atoms with E-state index >= 15 is 0 Å². The second kappa shape index (κ2) is 8.13. The van der Waals surface area contributed by atoms with E-state index in [1.54, 1.807) is 28.9 Å². The summed E-state index contributed by atoms with van der Waals surface area (Å²) in [6, 6.07) is 1.62. The Morgan fingerprint density at radius 2 is 2.25 bits per heavy atom. The molecule has 0 aromatic carbocycles. The van der Waals surface area contributed by atoms with Gasteiger partial charge in [0.15, 0.2) is 5.16 Å². The van der Waals surface area contributed by atoms with Crippen LogP contribution in [0.4, 0.5) is 0 Å². The second-order valence-electron chi connectivity index (χ2n) is 6.66. The van der Waals surface area contributed by atoms with Gasteiger partial charge in [-0.05, 0) is 44.2 Å². The van der Waals surface area contributed by atoms with Gasteiger partial charge in [-0.15, -0.1) is 11.3 Å². The molecule has 0 atom stereocenters. The molecular weight excluding hydrogens is 396 g/mol. The van der Waals surface area contributed by atoms with Crippen molar-refractivity contribution in [3.63, 3.8) is 0 Å². The van der Waals surface area contributed by atoms with Gasteiger partial charge in [-0.2, -0.15) is 0 Å². The summed E-state index contributed by atoms with van der Waals surface area (Å²) in [6.45, 7) is 4.76. The first-order valence-electron chi connectivity index (χ1n) is 9.55. The monoisotopic (exact) mass is 418 g/mol. The van der Waals surface area contributed by atoms with Gasteiger partial charge in [-0.1, -0.05) is 18.7 Å². The van der Waals surface area contributed by atoms with E-state index in [9.17, 15) is 9.59 Å². The van der Waals surface area contributed by atoms with Gasteiger partial charge < -0.3 is 9.15 Å². The van der Waals surface area contributed by atoms with Crippen molar-refractivity contribution in [2.24, 2.45) is 0 Å². The summed E-state index contributed by atoms with van der Waals surface area (Å²) >= 11 is 3.07. The van der Waals surface area contributed by atoms with Crippen molar-refractivity contribution in [3.05, 3.63) is 44.4 Å². The van der Waals surface area contributed by atoms with Gasteiger partial charge in [-0.25, -0.2) is 9.78 Å². The molecule has 1 aliphatic carbocycles. The zero-order valence-electron chi connectivity index (χ0n) is 15.9. The maximum Gasteiger partial charge on any atom is 0.341 e. The van der Waals surface area contributed by atoms with Crippen LogP contribution in [-0.2, 0) is 29.9 Å². The van der Waals surface area contributed by atoms with Crippen molar-refractivity contribution in [1.29, 1.82) is 0 Å². The van der Waals surface area contributed by atoms with Crippen molar-refractivity contribution >= 4 is 39.3 Å². The average molecular weight is 419 g/mol. The van der Waals surface area contributed by atoms with E-state index < -0.39 is 5.97 Å². The first kappa shape index (κ1) is 19.3. The van der Waals surface area contributed by atoms with Crippen LogP contribution >= 0.6 is 23.1 Å². The predicted octanol–water partition coefficient (Wildman–Crippen LogP) is 4.42. The minimum absolute atomic E-state index is 0.0545. The molecule has 4 rings (SSSR count). The minimum Gasteiger partial charge on any atom is -0.468 e. The average Bonchev–Trinajstić information content (AvgIpc) is 3.38. The fourth-order valence-electron chi connectivity index (χ4n) is 3.56. The van der Waals surface area contributed by atoms with Crippen molar-refractivity contribution in [1.82, 2.24) is 9.55 Å². The maximum absolute atomic E-state index is 13.2. The summed E-state index contributed by atoms with van der Waals surface area (Å²) in [4.78, 5) is 32.2. The molecule has 0 unspecified atom stereocenters. The summed E-state index contributed by atoms with van der Waals surface area (Å²) in [7, 11) is 0. The number of rotatable bonds is 7. The normalized spacial score (nSPS) is 13.2. The molecule has 0 bridgehead atoms. The van der Waals surface area contributed by atoms with Crippen LogP contribution in [0.5, 0.6) is 0 Å². The lowest BCUT2D eigenvalue weighted by atomic mass is 10.2. The summed E-state index contributed by atoms with van der Waals surface area (Å²) in [5, 5.41) is 1.48.